The highest BCUT2D eigenvalue weighted by molar-refractivity contribution is 5.79. The number of benzene rings is 1. The van der Waals surface area contributed by atoms with Crippen molar-refractivity contribution in [1.29, 1.82) is 0 Å². The monoisotopic (exact) mass is 317 g/mol. The van der Waals surface area contributed by atoms with Crippen LogP contribution < -0.4 is 5.32 Å². The van der Waals surface area contributed by atoms with Gasteiger partial charge in [0.2, 0.25) is 5.91 Å². The minimum Gasteiger partial charge on any atom is -0.481 e. The van der Waals surface area contributed by atoms with Gasteiger partial charge in [0.05, 0.1) is 11.5 Å². The molecule has 0 saturated heterocycles. The summed E-state index contributed by atoms with van der Waals surface area (Å²) in [6.45, 7) is 3.93. The predicted octanol–water partition coefficient (Wildman–Crippen LogP) is 3.47. The first-order valence-electron chi connectivity index (χ1n) is 8.50. The number of hydrogen-bond acceptors (Lipinski definition) is 2. The molecule has 0 spiro atoms. The fraction of sp³-hybridized carbons (Fsp3) is 0.579. The average molecular weight is 317 g/mol. The number of hydrogen-bond donors (Lipinski definition) is 2. The summed E-state index contributed by atoms with van der Waals surface area (Å²) in [5, 5.41) is 12.4. The molecule has 4 nitrogen and oxygen atoms in total. The normalized spacial score (nSPS) is 24.2. The Kier molecular flexibility index (Phi) is 5.80. The van der Waals surface area contributed by atoms with E-state index < -0.39 is 17.4 Å². The first kappa shape index (κ1) is 17.5. The van der Waals surface area contributed by atoms with Crippen molar-refractivity contribution in [3.63, 3.8) is 0 Å². The predicted molar refractivity (Wildman–Crippen MR) is 90.3 cm³/mol. The molecule has 0 bridgehead atoms. The molecule has 126 valence electrons. The lowest BCUT2D eigenvalue weighted by atomic mass is 9.74. The molecule has 4 heteroatoms. The Bertz CT molecular complexity index is 552. The third-order valence-electron chi connectivity index (χ3n) is 4.92. The van der Waals surface area contributed by atoms with Crippen LogP contribution in [0.1, 0.15) is 56.6 Å². The zero-order valence-corrected chi connectivity index (χ0v) is 14.1. The molecule has 0 aliphatic heterocycles. The Morgan fingerprint density at radius 1 is 1.26 bits per heavy atom. The Morgan fingerprint density at radius 2 is 1.96 bits per heavy atom. The maximum Gasteiger partial charge on any atom is 0.308 e. The van der Waals surface area contributed by atoms with Crippen molar-refractivity contribution in [3.8, 4) is 0 Å². The number of carboxylic acid groups (broad SMARTS) is 1. The first-order valence-corrected chi connectivity index (χ1v) is 8.50. The van der Waals surface area contributed by atoms with E-state index in [9.17, 15) is 14.7 Å². The van der Waals surface area contributed by atoms with Crippen molar-refractivity contribution in [2.75, 3.05) is 0 Å². The summed E-state index contributed by atoms with van der Waals surface area (Å²) in [6.07, 6.45) is 5.38. The fourth-order valence-electron chi connectivity index (χ4n) is 3.47. The molecule has 1 fully saturated rings. The third-order valence-corrected chi connectivity index (χ3v) is 4.92. The molecule has 1 amide bonds. The van der Waals surface area contributed by atoms with Crippen molar-refractivity contribution in [2.45, 2.75) is 64.3 Å². The number of aliphatic carboxylic acids is 1. The molecule has 0 radical (unpaired) electrons. The van der Waals surface area contributed by atoms with E-state index >= 15 is 0 Å². The molecule has 1 aromatic carbocycles. The van der Waals surface area contributed by atoms with E-state index in [0.29, 0.717) is 12.8 Å². The highest BCUT2D eigenvalue weighted by atomic mass is 16.4. The van der Waals surface area contributed by atoms with Gasteiger partial charge < -0.3 is 10.4 Å². The highest BCUT2D eigenvalue weighted by Gasteiger charge is 2.41. The maximum absolute atomic E-state index is 12.2. The summed E-state index contributed by atoms with van der Waals surface area (Å²) in [5.74, 6) is -1.31. The van der Waals surface area contributed by atoms with Crippen molar-refractivity contribution in [3.05, 3.63) is 35.4 Å². The molecule has 2 atom stereocenters. The number of aryl methyl sites for hydroxylation is 2. The van der Waals surface area contributed by atoms with Crippen LogP contribution >= 0.6 is 0 Å². The van der Waals surface area contributed by atoms with Gasteiger partial charge in [-0.1, -0.05) is 42.7 Å². The Morgan fingerprint density at radius 3 is 2.61 bits per heavy atom. The van der Waals surface area contributed by atoms with E-state index in [1.165, 1.54) is 11.1 Å². The number of nitrogens with one attached hydrogen (secondary N) is 1. The van der Waals surface area contributed by atoms with E-state index in [-0.39, 0.29) is 5.91 Å². The Labute approximate surface area is 138 Å². The van der Waals surface area contributed by atoms with Crippen LogP contribution in [0.3, 0.4) is 0 Å². The molecular formula is C19H27NO3. The van der Waals surface area contributed by atoms with Crippen LogP contribution in [0.15, 0.2) is 24.3 Å². The van der Waals surface area contributed by atoms with Gasteiger partial charge >= 0.3 is 5.97 Å². The highest BCUT2D eigenvalue weighted by Crippen LogP contribution is 2.34. The summed E-state index contributed by atoms with van der Waals surface area (Å²) >= 11 is 0. The summed E-state index contributed by atoms with van der Waals surface area (Å²) < 4.78 is 0. The largest absolute Gasteiger partial charge is 0.481 e. The first-order chi connectivity index (χ1) is 10.9. The zero-order chi connectivity index (χ0) is 16.9. The lowest BCUT2D eigenvalue weighted by Gasteiger charge is -2.39. The molecular weight excluding hydrogens is 290 g/mol. The van der Waals surface area contributed by atoms with Crippen LogP contribution in [-0.4, -0.2) is 22.5 Å². The second-order valence-corrected chi connectivity index (χ2v) is 6.94. The molecule has 1 aliphatic rings. The van der Waals surface area contributed by atoms with Crippen LogP contribution in [0, 0.1) is 12.8 Å². The fourth-order valence-corrected chi connectivity index (χ4v) is 3.47. The van der Waals surface area contributed by atoms with Gasteiger partial charge in [0, 0.05) is 6.42 Å². The van der Waals surface area contributed by atoms with Crippen LogP contribution in [0.2, 0.25) is 0 Å². The van der Waals surface area contributed by atoms with Crippen LogP contribution in [0.4, 0.5) is 0 Å². The van der Waals surface area contributed by atoms with E-state index in [2.05, 4.69) is 36.5 Å². The SMILES string of the molecule is Cc1ccc(CCCC(=O)NC2(C)CCCCC2C(=O)O)cc1. The minimum atomic E-state index is -0.799. The van der Waals surface area contributed by atoms with Gasteiger partial charge in [-0.05, 0) is 45.1 Å². The van der Waals surface area contributed by atoms with Gasteiger partial charge in [0.25, 0.3) is 0 Å². The smallest absolute Gasteiger partial charge is 0.308 e. The summed E-state index contributed by atoms with van der Waals surface area (Å²) in [5.41, 5.74) is 1.86. The second kappa shape index (κ2) is 7.62. The van der Waals surface area contributed by atoms with Gasteiger partial charge in [-0.25, -0.2) is 0 Å². The van der Waals surface area contributed by atoms with Crippen molar-refractivity contribution in [1.82, 2.24) is 5.32 Å². The van der Waals surface area contributed by atoms with Crippen LogP contribution in [0.25, 0.3) is 0 Å². The van der Waals surface area contributed by atoms with Crippen LogP contribution in [-0.2, 0) is 16.0 Å². The second-order valence-electron chi connectivity index (χ2n) is 6.94. The molecule has 2 N–H and O–H groups in total. The van der Waals surface area contributed by atoms with E-state index in [1.54, 1.807) is 0 Å². The molecule has 2 rings (SSSR count). The van der Waals surface area contributed by atoms with Gasteiger partial charge in [-0.2, -0.15) is 0 Å². The average Bonchev–Trinajstić information content (AvgIpc) is 2.49. The third kappa shape index (κ3) is 4.81. The zero-order valence-electron chi connectivity index (χ0n) is 14.1. The number of amides is 1. The minimum absolute atomic E-state index is 0.0345. The molecule has 1 saturated carbocycles. The van der Waals surface area contributed by atoms with Crippen molar-refractivity contribution >= 4 is 11.9 Å². The summed E-state index contributed by atoms with van der Waals surface area (Å²) in [6, 6.07) is 8.35. The van der Waals surface area contributed by atoms with E-state index in [1.807, 2.05) is 6.92 Å². The topological polar surface area (TPSA) is 66.4 Å². The van der Waals surface area contributed by atoms with Gasteiger partial charge in [-0.3, -0.25) is 9.59 Å². The van der Waals surface area contributed by atoms with Gasteiger partial charge in [0.15, 0.2) is 0 Å². The number of carbonyl (C=O) groups excluding carboxylic acids is 1. The Balaban J connectivity index is 1.83. The standard InChI is InChI=1S/C19H27NO3/c1-14-9-11-15(12-10-14)6-5-8-17(21)20-19(2)13-4-3-7-16(19)18(22)23/h9-12,16H,3-8,13H2,1-2H3,(H,20,21)(H,22,23). The van der Waals surface area contributed by atoms with Crippen LogP contribution in [0.5, 0.6) is 0 Å². The van der Waals surface area contributed by atoms with Gasteiger partial charge in [-0.15, -0.1) is 0 Å². The van der Waals surface area contributed by atoms with Crippen molar-refractivity contribution in [2.24, 2.45) is 5.92 Å². The van der Waals surface area contributed by atoms with E-state index in [4.69, 9.17) is 0 Å². The number of rotatable bonds is 6. The molecule has 2 unspecified atom stereocenters. The molecule has 23 heavy (non-hydrogen) atoms. The molecule has 0 heterocycles. The maximum atomic E-state index is 12.2. The number of carbonyl (C=O) groups is 2. The summed E-state index contributed by atoms with van der Waals surface area (Å²) in [4.78, 5) is 23.7. The lowest BCUT2D eigenvalue weighted by molar-refractivity contribution is -0.146. The molecule has 1 aliphatic carbocycles. The molecule has 0 aromatic heterocycles. The quantitative estimate of drug-likeness (QED) is 0.844. The van der Waals surface area contributed by atoms with Crippen molar-refractivity contribution < 1.29 is 14.7 Å². The Hall–Kier alpha value is -1.84. The lowest BCUT2D eigenvalue weighted by Crippen LogP contribution is -2.55. The van der Waals surface area contributed by atoms with E-state index in [0.717, 1.165) is 32.1 Å². The summed E-state index contributed by atoms with van der Waals surface area (Å²) in [7, 11) is 0. The molecule has 1 aromatic rings. The number of carboxylic acids is 1. The van der Waals surface area contributed by atoms with Gasteiger partial charge in [0.1, 0.15) is 0 Å².